The van der Waals surface area contributed by atoms with Gasteiger partial charge in [-0.15, -0.1) is 0 Å². The van der Waals surface area contributed by atoms with E-state index < -0.39 is 41.4 Å². The molecular formula is C17H19F6N5O. The second kappa shape index (κ2) is 7.38. The zero-order valence-corrected chi connectivity index (χ0v) is 15.6. The first-order valence-corrected chi connectivity index (χ1v) is 8.82. The molecule has 0 radical (unpaired) electrons. The molecule has 1 aliphatic carbocycles. The Kier molecular flexibility index (Phi) is 5.39. The van der Waals surface area contributed by atoms with E-state index in [1.165, 1.54) is 11.2 Å². The molecule has 1 aromatic rings. The van der Waals surface area contributed by atoms with Crippen molar-refractivity contribution < 1.29 is 31.1 Å². The molecule has 3 rings (SSSR count). The first-order chi connectivity index (χ1) is 13.4. The Morgan fingerprint density at radius 3 is 2.48 bits per heavy atom. The third-order valence-corrected chi connectivity index (χ3v) is 5.01. The van der Waals surface area contributed by atoms with E-state index in [9.17, 15) is 31.1 Å². The molecule has 2 aliphatic rings. The van der Waals surface area contributed by atoms with E-state index in [0.717, 1.165) is 0 Å². The summed E-state index contributed by atoms with van der Waals surface area (Å²) in [6, 6.07) is -0.746. The number of halogens is 6. The van der Waals surface area contributed by atoms with Crippen molar-refractivity contribution in [2.45, 2.75) is 43.7 Å². The predicted molar refractivity (Wildman–Crippen MR) is 92.0 cm³/mol. The number of pyridine rings is 1. The van der Waals surface area contributed by atoms with Crippen LogP contribution >= 0.6 is 0 Å². The van der Waals surface area contributed by atoms with E-state index in [2.05, 4.69) is 15.5 Å². The highest BCUT2D eigenvalue weighted by atomic mass is 19.4. The van der Waals surface area contributed by atoms with Crippen LogP contribution in [0.4, 0.5) is 32.2 Å². The van der Waals surface area contributed by atoms with Crippen LogP contribution in [-0.4, -0.2) is 48.3 Å². The van der Waals surface area contributed by atoms with Crippen LogP contribution in [0.1, 0.15) is 30.5 Å². The Morgan fingerprint density at radius 2 is 1.90 bits per heavy atom. The molecule has 1 amide bonds. The van der Waals surface area contributed by atoms with Crippen LogP contribution in [-0.2, 0) is 17.1 Å². The molecule has 1 N–H and O–H groups in total. The molecule has 1 aliphatic heterocycles. The van der Waals surface area contributed by atoms with Gasteiger partial charge in [0, 0.05) is 20.1 Å². The number of amides is 1. The van der Waals surface area contributed by atoms with Crippen LogP contribution in [0.25, 0.3) is 0 Å². The number of anilines is 1. The summed E-state index contributed by atoms with van der Waals surface area (Å²) in [7, 11) is 3.34. The second-order valence-electron chi connectivity index (χ2n) is 7.36. The SMILES string of the molecule is CN(C)/C=N/NC(=O)[C@@H]1[C@H]2CC[C@H](C2)N1c1cc(C(F)(F)F)cc(C(F)(F)F)n1. The lowest BCUT2D eigenvalue weighted by molar-refractivity contribution is -0.145. The highest BCUT2D eigenvalue weighted by Gasteiger charge is 2.51. The van der Waals surface area contributed by atoms with E-state index in [0.29, 0.717) is 25.3 Å². The number of fused-ring (bicyclic) bond motifs is 2. The van der Waals surface area contributed by atoms with Crippen molar-refractivity contribution in [2.75, 3.05) is 19.0 Å². The third-order valence-electron chi connectivity index (χ3n) is 5.01. The van der Waals surface area contributed by atoms with Gasteiger partial charge in [0.25, 0.3) is 5.91 Å². The third kappa shape index (κ3) is 4.40. The Bertz CT molecular complexity index is 774. The van der Waals surface area contributed by atoms with Gasteiger partial charge in [-0.1, -0.05) is 0 Å². The Morgan fingerprint density at radius 1 is 1.21 bits per heavy atom. The van der Waals surface area contributed by atoms with Gasteiger partial charge in [-0.2, -0.15) is 31.4 Å². The minimum absolute atomic E-state index is 0.0196. The minimum atomic E-state index is -5.05. The monoisotopic (exact) mass is 423 g/mol. The molecule has 3 atom stereocenters. The predicted octanol–water partition coefficient (Wildman–Crippen LogP) is 3.10. The molecule has 1 aromatic heterocycles. The van der Waals surface area contributed by atoms with Gasteiger partial charge < -0.3 is 9.80 Å². The van der Waals surface area contributed by atoms with Gasteiger partial charge in [-0.25, -0.2) is 10.4 Å². The number of rotatable bonds is 4. The lowest BCUT2D eigenvalue weighted by Crippen LogP contribution is -2.50. The Labute approximate surface area is 162 Å². The topological polar surface area (TPSA) is 60.8 Å². The van der Waals surface area contributed by atoms with Gasteiger partial charge in [0.2, 0.25) is 0 Å². The van der Waals surface area contributed by atoms with E-state index in [1.54, 1.807) is 19.0 Å². The first kappa shape index (κ1) is 21.2. The quantitative estimate of drug-likeness (QED) is 0.350. The summed E-state index contributed by atoms with van der Waals surface area (Å²) >= 11 is 0. The number of hydrogen-bond acceptors (Lipinski definition) is 4. The molecule has 12 heteroatoms. The van der Waals surface area contributed by atoms with Crippen LogP contribution in [0, 0.1) is 5.92 Å². The van der Waals surface area contributed by atoms with Crippen molar-refractivity contribution in [3.8, 4) is 0 Å². The largest absolute Gasteiger partial charge is 0.433 e. The highest BCUT2D eigenvalue weighted by Crippen LogP contribution is 2.46. The molecule has 6 nitrogen and oxygen atoms in total. The number of carbonyl (C=O) groups excluding carboxylic acids is 1. The number of hydrazone groups is 1. The fourth-order valence-corrected chi connectivity index (χ4v) is 3.89. The highest BCUT2D eigenvalue weighted by molar-refractivity contribution is 5.87. The fraction of sp³-hybridized carbons (Fsp3) is 0.588. The van der Waals surface area contributed by atoms with E-state index in [-0.39, 0.29) is 18.0 Å². The maximum Gasteiger partial charge on any atom is 0.433 e. The molecule has 29 heavy (non-hydrogen) atoms. The van der Waals surface area contributed by atoms with Gasteiger partial charge in [0.15, 0.2) is 0 Å². The van der Waals surface area contributed by atoms with Crippen LogP contribution < -0.4 is 10.3 Å². The van der Waals surface area contributed by atoms with Crippen molar-refractivity contribution in [1.82, 2.24) is 15.3 Å². The molecular weight excluding hydrogens is 404 g/mol. The standard InChI is InChI=1S/C17H19F6N5O/c1-27(2)8-24-26-15(29)14-9-3-4-11(5-9)28(14)13-7-10(16(18,19)20)6-12(25-13)17(21,22)23/h6-9,11,14H,3-5H2,1-2H3,(H,26,29)/b24-8+/t9-,11+,14-/m0/s1. The van der Waals surface area contributed by atoms with Gasteiger partial charge in [-0.3, -0.25) is 4.79 Å². The summed E-state index contributed by atoms with van der Waals surface area (Å²) in [6.07, 6.45) is -7.00. The van der Waals surface area contributed by atoms with Crippen molar-refractivity contribution in [1.29, 1.82) is 0 Å². The summed E-state index contributed by atoms with van der Waals surface area (Å²) in [6.45, 7) is 0. The average Bonchev–Trinajstić information content (AvgIpc) is 3.20. The first-order valence-electron chi connectivity index (χ1n) is 8.82. The van der Waals surface area contributed by atoms with Gasteiger partial charge in [0.1, 0.15) is 23.9 Å². The molecule has 2 fully saturated rings. The molecule has 2 heterocycles. The van der Waals surface area contributed by atoms with Crippen molar-refractivity contribution in [3.63, 3.8) is 0 Å². The van der Waals surface area contributed by atoms with E-state index in [4.69, 9.17) is 0 Å². The number of piperidine rings is 1. The van der Waals surface area contributed by atoms with Crippen LogP contribution in [0.5, 0.6) is 0 Å². The maximum absolute atomic E-state index is 13.2. The zero-order valence-electron chi connectivity index (χ0n) is 15.6. The van der Waals surface area contributed by atoms with Crippen molar-refractivity contribution >= 4 is 18.1 Å². The van der Waals surface area contributed by atoms with Gasteiger partial charge in [-0.05, 0) is 37.3 Å². The summed E-state index contributed by atoms with van der Waals surface area (Å²) in [5.41, 5.74) is -0.795. The lowest BCUT2D eigenvalue weighted by atomic mass is 9.98. The molecule has 2 bridgehead atoms. The van der Waals surface area contributed by atoms with Crippen molar-refractivity contribution in [2.24, 2.45) is 11.0 Å². The van der Waals surface area contributed by atoms with Crippen LogP contribution in [0.3, 0.4) is 0 Å². The number of alkyl halides is 6. The summed E-state index contributed by atoms with van der Waals surface area (Å²) < 4.78 is 79.0. The number of hydrogen-bond donors (Lipinski definition) is 1. The molecule has 0 aromatic carbocycles. The summed E-state index contributed by atoms with van der Waals surface area (Å²) in [5, 5.41) is 3.74. The number of nitrogens with zero attached hydrogens (tertiary/aromatic N) is 4. The second-order valence-corrected chi connectivity index (χ2v) is 7.36. The molecule has 1 saturated heterocycles. The van der Waals surface area contributed by atoms with Crippen LogP contribution in [0.15, 0.2) is 17.2 Å². The van der Waals surface area contributed by atoms with Gasteiger partial charge >= 0.3 is 12.4 Å². The van der Waals surface area contributed by atoms with Gasteiger partial charge in [0.05, 0.1) is 5.56 Å². The summed E-state index contributed by atoms with van der Waals surface area (Å²) in [5.74, 6) is -1.29. The van der Waals surface area contributed by atoms with Crippen LogP contribution in [0.2, 0.25) is 0 Å². The number of nitrogens with one attached hydrogen (secondary N) is 1. The molecule has 0 unspecified atom stereocenters. The Hall–Kier alpha value is -2.53. The van der Waals surface area contributed by atoms with Crippen molar-refractivity contribution in [3.05, 3.63) is 23.4 Å². The fourth-order valence-electron chi connectivity index (χ4n) is 3.89. The van der Waals surface area contributed by atoms with E-state index in [1.807, 2.05) is 0 Å². The van der Waals surface area contributed by atoms with E-state index >= 15 is 0 Å². The number of aromatic nitrogens is 1. The smallest absolute Gasteiger partial charge is 0.367 e. The number of carbonyl (C=O) groups is 1. The summed E-state index contributed by atoms with van der Waals surface area (Å²) in [4.78, 5) is 18.9. The normalized spacial score (nSPS) is 24.4. The average molecular weight is 423 g/mol. The molecule has 0 spiro atoms. The lowest BCUT2D eigenvalue weighted by Gasteiger charge is -2.35. The molecule has 1 saturated carbocycles. The maximum atomic E-state index is 13.2. The minimum Gasteiger partial charge on any atom is -0.367 e. The Balaban J connectivity index is 1.99. The zero-order chi connectivity index (χ0) is 21.6. The molecule has 160 valence electrons.